The van der Waals surface area contributed by atoms with Gasteiger partial charge in [-0.3, -0.25) is 0 Å². The predicted molar refractivity (Wildman–Crippen MR) is 91.4 cm³/mol. The van der Waals surface area contributed by atoms with E-state index >= 15 is 0 Å². The molecule has 0 aromatic heterocycles. The minimum Gasteiger partial charge on any atom is -0.370 e. The molecule has 0 saturated carbocycles. The summed E-state index contributed by atoms with van der Waals surface area (Å²) >= 11 is 0. The van der Waals surface area contributed by atoms with E-state index in [-0.39, 0.29) is 34.9 Å². The van der Waals surface area contributed by atoms with Crippen LogP contribution in [0, 0.1) is 0 Å². The second kappa shape index (κ2) is 8.42. The van der Waals surface area contributed by atoms with E-state index in [4.69, 9.17) is 10.9 Å². The SMILES string of the molecule is CCC(C)NC(N)=NCc1ccc(S(N)(=O)=O)cc1.I. The average Bonchev–Trinajstić information content (AvgIpc) is 2.35. The molecule has 114 valence electrons. The molecule has 0 aliphatic carbocycles. The number of nitrogens with two attached hydrogens (primary N) is 2. The van der Waals surface area contributed by atoms with E-state index in [1.807, 2.05) is 6.92 Å². The van der Waals surface area contributed by atoms with E-state index in [0.717, 1.165) is 12.0 Å². The van der Waals surface area contributed by atoms with E-state index in [1.54, 1.807) is 12.1 Å². The molecule has 1 aromatic carbocycles. The zero-order chi connectivity index (χ0) is 14.5. The third kappa shape index (κ3) is 6.53. The molecule has 0 spiro atoms. The lowest BCUT2D eigenvalue weighted by atomic mass is 10.2. The molecule has 1 rings (SSSR count). The number of guanidine groups is 1. The van der Waals surface area contributed by atoms with Crippen LogP contribution < -0.4 is 16.2 Å². The molecule has 6 nitrogen and oxygen atoms in total. The first-order chi connectivity index (χ1) is 8.82. The van der Waals surface area contributed by atoms with Gasteiger partial charge in [0.05, 0.1) is 11.4 Å². The highest BCUT2D eigenvalue weighted by Gasteiger charge is 2.06. The summed E-state index contributed by atoms with van der Waals surface area (Å²) in [7, 11) is -3.64. The number of hydrogen-bond donors (Lipinski definition) is 3. The molecule has 1 atom stereocenters. The Bertz CT molecular complexity index is 543. The Morgan fingerprint density at radius 1 is 1.35 bits per heavy atom. The summed E-state index contributed by atoms with van der Waals surface area (Å²) in [6.07, 6.45) is 0.958. The largest absolute Gasteiger partial charge is 0.370 e. The molecule has 0 heterocycles. The Balaban J connectivity index is 0.00000361. The van der Waals surface area contributed by atoms with Gasteiger partial charge in [0, 0.05) is 6.04 Å². The number of rotatable bonds is 5. The van der Waals surface area contributed by atoms with E-state index in [0.29, 0.717) is 12.5 Å². The van der Waals surface area contributed by atoms with Crippen LogP contribution in [-0.2, 0) is 16.6 Å². The lowest BCUT2D eigenvalue weighted by Crippen LogP contribution is -2.38. The fraction of sp³-hybridized carbons (Fsp3) is 0.417. The fourth-order valence-electron chi connectivity index (χ4n) is 1.36. The van der Waals surface area contributed by atoms with Gasteiger partial charge in [0.2, 0.25) is 10.0 Å². The second-order valence-electron chi connectivity index (χ2n) is 4.34. The summed E-state index contributed by atoms with van der Waals surface area (Å²) in [4.78, 5) is 4.27. The topological polar surface area (TPSA) is 111 Å². The Morgan fingerprint density at radius 3 is 2.35 bits per heavy atom. The van der Waals surface area contributed by atoms with Gasteiger partial charge in [-0.15, -0.1) is 24.0 Å². The lowest BCUT2D eigenvalue weighted by molar-refractivity contribution is 0.597. The van der Waals surface area contributed by atoms with Gasteiger partial charge in [0.15, 0.2) is 5.96 Å². The van der Waals surface area contributed by atoms with Crippen molar-refractivity contribution in [2.75, 3.05) is 0 Å². The molecule has 0 radical (unpaired) electrons. The zero-order valence-corrected chi connectivity index (χ0v) is 14.7. The van der Waals surface area contributed by atoms with E-state index < -0.39 is 10.0 Å². The molecule has 0 bridgehead atoms. The molecule has 0 aliphatic heterocycles. The van der Waals surface area contributed by atoms with Gasteiger partial charge in [0.1, 0.15) is 0 Å². The van der Waals surface area contributed by atoms with Gasteiger partial charge >= 0.3 is 0 Å². The van der Waals surface area contributed by atoms with E-state index in [1.165, 1.54) is 12.1 Å². The molecule has 1 aromatic rings. The third-order valence-corrected chi connectivity index (χ3v) is 3.62. The summed E-state index contributed by atoms with van der Waals surface area (Å²) < 4.78 is 22.2. The number of benzene rings is 1. The van der Waals surface area contributed by atoms with Crippen LogP contribution in [0.3, 0.4) is 0 Å². The van der Waals surface area contributed by atoms with Crippen molar-refractivity contribution in [3.05, 3.63) is 29.8 Å². The van der Waals surface area contributed by atoms with Crippen molar-refractivity contribution < 1.29 is 8.42 Å². The first-order valence-electron chi connectivity index (χ1n) is 6.01. The molecule has 0 aliphatic rings. The van der Waals surface area contributed by atoms with Crippen molar-refractivity contribution in [1.29, 1.82) is 0 Å². The number of sulfonamides is 1. The minimum atomic E-state index is -3.64. The maximum atomic E-state index is 11.1. The van der Waals surface area contributed by atoms with E-state index in [2.05, 4.69) is 17.2 Å². The van der Waals surface area contributed by atoms with Gasteiger partial charge in [-0.1, -0.05) is 19.1 Å². The van der Waals surface area contributed by atoms with Crippen LogP contribution in [0.2, 0.25) is 0 Å². The van der Waals surface area contributed by atoms with Crippen molar-refractivity contribution in [3.8, 4) is 0 Å². The van der Waals surface area contributed by atoms with Crippen molar-refractivity contribution in [2.45, 2.75) is 37.8 Å². The van der Waals surface area contributed by atoms with Gasteiger partial charge in [-0.25, -0.2) is 18.5 Å². The van der Waals surface area contributed by atoms with Gasteiger partial charge in [-0.05, 0) is 31.0 Å². The maximum absolute atomic E-state index is 11.1. The van der Waals surface area contributed by atoms with Crippen LogP contribution >= 0.6 is 24.0 Å². The average molecular weight is 412 g/mol. The normalized spacial score (nSPS) is 13.4. The van der Waals surface area contributed by atoms with Crippen molar-refractivity contribution >= 4 is 40.0 Å². The van der Waals surface area contributed by atoms with Crippen LogP contribution in [0.15, 0.2) is 34.2 Å². The Hall–Kier alpha value is -0.870. The third-order valence-electron chi connectivity index (χ3n) is 2.69. The van der Waals surface area contributed by atoms with Crippen LogP contribution in [0.25, 0.3) is 0 Å². The Kier molecular flexibility index (Phi) is 8.06. The highest BCUT2D eigenvalue weighted by Crippen LogP contribution is 2.09. The van der Waals surface area contributed by atoms with Crippen LogP contribution in [0.5, 0.6) is 0 Å². The smallest absolute Gasteiger partial charge is 0.238 e. The molecule has 0 fully saturated rings. The van der Waals surface area contributed by atoms with Gasteiger partial charge in [-0.2, -0.15) is 0 Å². The van der Waals surface area contributed by atoms with Crippen molar-refractivity contribution in [1.82, 2.24) is 5.32 Å². The molecule has 20 heavy (non-hydrogen) atoms. The molecule has 1 unspecified atom stereocenters. The summed E-state index contributed by atoms with van der Waals surface area (Å²) in [5.41, 5.74) is 6.58. The van der Waals surface area contributed by atoms with Crippen molar-refractivity contribution in [2.24, 2.45) is 15.9 Å². The van der Waals surface area contributed by atoms with Crippen LogP contribution in [0.1, 0.15) is 25.8 Å². The molecule has 0 saturated heterocycles. The molecular weight excluding hydrogens is 391 g/mol. The van der Waals surface area contributed by atoms with Crippen molar-refractivity contribution in [3.63, 3.8) is 0 Å². The number of nitrogens with one attached hydrogen (secondary N) is 1. The second-order valence-corrected chi connectivity index (χ2v) is 5.91. The quantitative estimate of drug-likeness (QED) is 0.383. The zero-order valence-electron chi connectivity index (χ0n) is 11.5. The highest BCUT2D eigenvalue weighted by molar-refractivity contribution is 14.0. The Morgan fingerprint density at radius 2 is 1.90 bits per heavy atom. The molecule has 5 N–H and O–H groups in total. The van der Waals surface area contributed by atoms with Crippen LogP contribution in [-0.4, -0.2) is 20.4 Å². The number of primary sulfonamides is 1. The standard InChI is InChI=1S/C12H20N4O2S.HI/c1-3-9(2)16-12(13)15-8-10-4-6-11(7-5-10)19(14,17)18;/h4-7,9H,3,8H2,1-2H3,(H3,13,15,16)(H2,14,17,18);1H. The first-order valence-corrected chi connectivity index (χ1v) is 7.55. The summed E-state index contributed by atoms with van der Waals surface area (Å²) in [6, 6.07) is 6.52. The first kappa shape index (κ1) is 19.1. The minimum absolute atomic E-state index is 0. The lowest BCUT2D eigenvalue weighted by Gasteiger charge is -2.11. The molecule has 8 heteroatoms. The molecular formula is C12H21IN4O2S. The molecule has 0 amide bonds. The maximum Gasteiger partial charge on any atom is 0.238 e. The van der Waals surface area contributed by atoms with Gasteiger partial charge < -0.3 is 11.1 Å². The number of halogens is 1. The highest BCUT2D eigenvalue weighted by atomic mass is 127. The Labute approximate surface area is 137 Å². The summed E-state index contributed by atoms with van der Waals surface area (Å²) in [6.45, 7) is 4.46. The summed E-state index contributed by atoms with van der Waals surface area (Å²) in [5.74, 6) is 0.380. The number of hydrogen-bond acceptors (Lipinski definition) is 3. The number of aliphatic imine (C=N–C) groups is 1. The summed E-state index contributed by atoms with van der Waals surface area (Å²) in [5, 5.41) is 8.06. The van der Waals surface area contributed by atoms with Gasteiger partial charge in [0.25, 0.3) is 0 Å². The van der Waals surface area contributed by atoms with Crippen LogP contribution in [0.4, 0.5) is 0 Å². The number of nitrogens with zero attached hydrogens (tertiary/aromatic N) is 1. The predicted octanol–water partition coefficient (Wildman–Crippen LogP) is 1.15. The monoisotopic (exact) mass is 412 g/mol. The fourth-order valence-corrected chi connectivity index (χ4v) is 1.88. The van der Waals surface area contributed by atoms with E-state index in [9.17, 15) is 8.42 Å².